The minimum Gasteiger partial charge on any atom is -0.0993 e. The molecule has 0 radical (unpaired) electrons. The molecule has 0 fully saturated rings. The third-order valence-corrected chi connectivity index (χ3v) is 5.66. The van der Waals surface area contributed by atoms with Crippen LogP contribution < -0.4 is 0 Å². The van der Waals surface area contributed by atoms with Crippen molar-refractivity contribution in [3.05, 3.63) is 12.2 Å². The molecule has 0 aliphatic rings. The predicted octanol–water partition coefficient (Wildman–Crippen LogP) is 7.74. The van der Waals surface area contributed by atoms with Gasteiger partial charge >= 0.3 is 0 Å². The van der Waals surface area contributed by atoms with E-state index in [1.165, 1.54) is 44.1 Å². The van der Waals surface area contributed by atoms with Crippen molar-refractivity contribution in [1.29, 1.82) is 0 Å². The lowest BCUT2D eigenvalue weighted by atomic mass is 9.70. The summed E-state index contributed by atoms with van der Waals surface area (Å²) in [6.07, 6.45) is 8.13. The molecule has 0 aromatic heterocycles. The lowest BCUT2D eigenvalue weighted by Crippen LogP contribution is -2.26. The van der Waals surface area contributed by atoms with Crippen molar-refractivity contribution in [1.82, 2.24) is 0 Å². The van der Waals surface area contributed by atoms with E-state index < -0.39 is 0 Å². The minimum absolute atomic E-state index is 0.653. The standard InChI is InChI=1S/C22H44/c1-10-11-12-13-19(7)22(17(4)5)21(9)20(8)18(6)15-14-16(2)3/h16-20,22H,9-15H2,1-8H3. The van der Waals surface area contributed by atoms with Crippen LogP contribution in [0.5, 0.6) is 0 Å². The summed E-state index contributed by atoms with van der Waals surface area (Å²) >= 11 is 0. The average molecular weight is 309 g/mol. The van der Waals surface area contributed by atoms with Gasteiger partial charge in [0.1, 0.15) is 0 Å². The third-order valence-electron chi connectivity index (χ3n) is 5.66. The largest absolute Gasteiger partial charge is 0.0993 e. The molecule has 4 atom stereocenters. The van der Waals surface area contributed by atoms with Crippen molar-refractivity contribution in [2.45, 2.75) is 93.9 Å². The second kappa shape index (κ2) is 11.3. The van der Waals surface area contributed by atoms with Gasteiger partial charge in [-0.25, -0.2) is 0 Å². The maximum atomic E-state index is 4.57. The summed E-state index contributed by atoms with van der Waals surface area (Å²) in [4.78, 5) is 0. The van der Waals surface area contributed by atoms with Crippen LogP contribution in [0.3, 0.4) is 0 Å². The Morgan fingerprint density at radius 3 is 1.82 bits per heavy atom. The Hall–Kier alpha value is -0.260. The van der Waals surface area contributed by atoms with E-state index in [1.807, 2.05) is 0 Å². The summed E-state index contributed by atoms with van der Waals surface area (Å²) in [7, 11) is 0. The highest BCUT2D eigenvalue weighted by Gasteiger charge is 2.28. The smallest absolute Gasteiger partial charge is 0.0154 e. The fourth-order valence-corrected chi connectivity index (χ4v) is 3.86. The van der Waals surface area contributed by atoms with Gasteiger partial charge in [0.15, 0.2) is 0 Å². The lowest BCUT2D eigenvalue weighted by Gasteiger charge is -2.35. The van der Waals surface area contributed by atoms with Crippen molar-refractivity contribution < 1.29 is 0 Å². The van der Waals surface area contributed by atoms with Gasteiger partial charge in [0.2, 0.25) is 0 Å². The molecule has 0 aliphatic heterocycles. The molecule has 0 N–H and O–H groups in total. The maximum absolute atomic E-state index is 4.57. The highest BCUT2D eigenvalue weighted by molar-refractivity contribution is 5.08. The Morgan fingerprint density at radius 2 is 1.36 bits per heavy atom. The van der Waals surface area contributed by atoms with Gasteiger partial charge in [0.05, 0.1) is 0 Å². The molecule has 0 aliphatic carbocycles. The van der Waals surface area contributed by atoms with Crippen LogP contribution in [0.4, 0.5) is 0 Å². The second-order valence-electron chi connectivity index (χ2n) is 8.55. The number of allylic oxidation sites excluding steroid dienone is 1. The molecule has 0 rings (SSSR count). The first kappa shape index (κ1) is 21.7. The zero-order valence-corrected chi connectivity index (χ0v) is 16.9. The van der Waals surface area contributed by atoms with E-state index in [2.05, 4.69) is 62.0 Å². The third kappa shape index (κ3) is 7.84. The first-order chi connectivity index (χ1) is 10.2. The summed E-state index contributed by atoms with van der Waals surface area (Å²) < 4.78 is 0. The van der Waals surface area contributed by atoms with Crippen LogP contribution in [0.1, 0.15) is 93.9 Å². The average Bonchev–Trinajstić information content (AvgIpc) is 2.43. The van der Waals surface area contributed by atoms with Crippen LogP contribution in [0.25, 0.3) is 0 Å². The predicted molar refractivity (Wildman–Crippen MR) is 103 cm³/mol. The molecule has 0 bridgehead atoms. The van der Waals surface area contributed by atoms with Crippen molar-refractivity contribution in [3.8, 4) is 0 Å². The van der Waals surface area contributed by atoms with Gasteiger partial charge < -0.3 is 0 Å². The summed E-state index contributed by atoms with van der Waals surface area (Å²) in [6.45, 7) is 23.6. The van der Waals surface area contributed by atoms with E-state index in [4.69, 9.17) is 0 Å². The van der Waals surface area contributed by atoms with Gasteiger partial charge in [-0.3, -0.25) is 0 Å². The molecular formula is C22H44. The molecule has 0 aromatic carbocycles. The van der Waals surface area contributed by atoms with Crippen LogP contribution in [0, 0.1) is 35.5 Å². The molecule has 0 aromatic rings. The molecule has 132 valence electrons. The van der Waals surface area contributed by atoms with Gasteiger partial charge in [-0.05, 0) is 41.9 Å². The van der Waals surface area contributed by atoms with Crippen molar-refractivity contribution in [2.24, 2.45) is 35.5 Å². The van der Waals surface area contributed by atoms with Gasteiger partial charge in [-0.15, -0.1) is 0 Å². The quantitative estimate of drug-likeness (QED) is 0.255. The Morgan fingerprint density at radius 1 is 0.773 bits per heavy atom. The molecule has 0 amide bonds. The first-order valence-corrected chi connectivity index (χ1v) is 9.90. The van der Waals surface area contributed by atoms with Gasteiger partial charge in [-0.1, -0.05) is 99.6 Å². The SMILES string of the molecule is C=C(C(C)C(C)CCC(C)C)C(C(C)C)C(C)CCCCC. The second-order valence-corrected chi connectivity index (χ2v) is 8.55. The minimum atomic E-state index is 0.653. The van der Waals surface area contributed by atoms with E-state index >= 15 is 0 Å². The highest BCUT2D eigenvalue weighted by Crippen LogP contribution is 2.38. The topological polar surface area (TPSA) is 0 Å². The zero-order chi connectivity index (χ0) is 17.3. The van der Waals surface area contributed by atoms with E-state index in [-0.39, 0.29) is 0 Å². The van der Waals surface area contributed by atoms with E-state index in [0.29, 0.717) is 17.8 Å². The molecule has 0 heterocycles. The van der Waals surface area contributed by atoms with Crippen LogP contribution in [-0.4, -0.2) is 0 Å². The monoisotopic (exact) mass is 308 g/mol. The molecule has 0 spiro atoms. The van der Waals surface area contributed by atoms with Crippen LogP contribution in [-0.2, 0) is 0 Å². The van der Waals surface area contributed by atoms with Gasteiger partial charge in [0, 0.05) is 0 Å². The molecule has 4 unspecified atom stereocenters. The zero-order valence-electron chi connectivity index (χ0n) is 16.9. The number of hydrogen-bond donors (Lipinski definition) is 0. The van der Waals surface area contributed by atoms with Gasteiger partial charge in [-0.2, -0.15) is 0 Å². The Kier molecular flexibility index (Phi) is 11.2. The number of rotatable bonds is 12. The molecule has 0 heteroatoms. The van der Waals surface area contributed by atoms with Crippen molar-refractivity contribution in [3.63, 3.8) is 0 Å². The maximum Gasteiger partial charge on any atom is -0.0154 e. The van der Waals surface area contributed by atoms with Gasteiger partial charge in [0.25, 0.3) is 0 Å². The Bertz CT molecular complexity index is 286. The molecule has 0 saturated carbocycles. The van der Waals surface area contributed by atoms with E-state index in [0.717, 1.165) is 17.8 Å². The normalized spacial score (nSPS) is 17.5. The van der Waals surface area contributed by atoms with Crippen LogP contribution in [0.2, 0.25) is 0 Å². The molecule has 0 saturated heterocycles. The lowest BCUT2D eigenvalue weighted by molar-refractivity contribution is 0.253. The fourth-order valence-electron chi connectivity index (χ4n) is 3.86. The molecule has 22 heavy (non-hydrogen) atoms. The van der Waals surface area contributed by atoms with Crippen molar-refractivity contribution >= 4 is 0 Å². The van der Waals surface area contributed by atoms with E-state index in [9.17, 15) is 0 Å². The summed E-state index contributed by atoms with van der Waals surface area (Å²) in [6, 6.07) is 0. The summed E-state index contributed by atoms with van der Waals surface area (Å²) in [5.41, 5.74) is 1.52. The van der Waals surface area contributed by atoms with E-state index in [1.54, 1.807) is 0 Å². The Labute approximate surface area is 142 Å². The number of unbranched alkanes of at least 4 members (excludes halogenated alkanes) is 2. The van der Waals surface area contributed by atoms with Crippen LogP contribution in [0.15, 0.2) is 12.2 Å². The molecular weight excluding hydrogens is 264 g/mol. The Balaban J connectivity index is 4.68. The highest BCUT2D eigenvalue weighted by atomic mass is 14.3. The summed E-state index contributed by atoms with van der Waals surface area (Å²) in [5.74, 6) is 4.41. The fraction of sp³-hybridized carbons (Fsp3) is 0.909. The first-order valence-electron chi connectivity index (χ1n) is 9.90. The van der Waals surface area contributed by atoms with Crippen LogP contribution >= 0.6 is 0 Å². The molecule has 0 nitrogen and oxygen atoms in total. The summed E-state index contributed by atoms with van der Waals surface area (Å²) in [5, 5.41) is 0. The number of hydrogen-bond acceptors (Lipinski definition) is 0. The van der Waals surface area contributed by atoms with Crippen molar-refractivity contribution in [2.75, 3.05) is 0 Å².